The molecule has 1 atom stereocenters. The Morgan fingerprint density at radius 2 is 1.89 bits per heavy atom. The molecule has 0 saturated carbocycles. The number of hydrogen-bond donors (Lipinski definition) is 1. The van der Waals surface area contributed by atoms with Gasteiger partial charge in [-0.15, -0.1) is 0 Å². The van der Waals surface area contributed by atoms with Crippen LogP contribution in [0.3, 0.4) is 0 Å². The maximum atomic E-state index is 11.8. The molecule has 0 fully saturated rings. The Bertz CT molecular complexity index is 195. The molecule has 0 rings (SSSR count). The molecular weight excluding hydrogens is 243 g/mol. The van der Waals surface area contributed by atoms with E-state index >= 15 is 0 Å². The minimum atomic E-state index is -4.21. The van der Waals surface area contributed by atoms with Crippen LogP contribution in [0.5, 0.6) is 0 Å². The highest BCUT2D eigenvalue weighted by Gasteiger charge is 2.27. The molecule has 110 valence electrons. The molecule has 0 aromatic rings. The summed E-state index contributed by atoms with van der Waals surface area (Å²) in [6.45, 7) is 7.32. The summed E-state index contributed by atoms with van der Waals surface area (Å²) in [6, 6.07) is 0. The normalized spacial score (nSPS) is 14.2. The molecule has 0 radical (unpaired) electrons. The van der Waals surface area contributed by atoms with Crippen molar-refractivity contribution in [1.29, 1.82) is 0 Å². The summed E-state index contributed by atoms with van der Waals surface area (Å²) in [5.41, 5.74) is 0. The molecule has 5 heteroatoms. The van der Waals surface area contributed by atoms with E-state index in [4.69, 9.17) is 0 Å². The molecule has 0 saturated heterocycles. The fourth-order valence-corrected chi connectivity index (χ4v) is 1.98. The Balaban J connectivity index is 3.68. The number of rotatable bonds is 10. The Morgan fingerprint density at radius 1 is 1.22 bits per heavy atom. The second-order valence-corrected chi connectivity index (χ2v) is 5.11. The van der Waals surface area contributed by atoms with Crippen molar-refractivity contribution in [3.05, 3.63) is 0 Å². The second kappa shape index (κ2) is 9.62. The van der Waals surface area contributed by atoms with Crippen LogP contribution in [0, 0.1) is 11.8 Å². The van der Waals surface area contributed by atoms with Crippen LogP contribution in [-0.4, -0.2) is 32.5 Å². The first-order chi connectivity index (χ1) is 8.35. The Morgan fingerprint density at radius 3 is 2.39 bits per heavy atom. The zero-order valence-electron chi connectivity index (χ0n) is 11.6. The molecule has 0 aliphatic heterocycles. The van der Waals surface area contributed by atoms with Crippen molar-refractivity contribution in [2.24, 2.45) is 11.8 Å². The quantitative estimate of drug-likeness (QED) is 0.612. The number of alkyl halides is 3. The van der Waals surface area contributed by atoms with Gasteiger partial charge in [0.1, 0.15) is 6.61 Å². The van der Waals surface area contributed by atoms with Gasteiger partial charge in [0, 0.05) is 6.61 Å². The van der Waals surface area contributed by atoms with Gasteiger partial charge in [-0.25, -0.2) is 0 Å². The van der Waals surface area contributed by atoms with Gasteiger partial charge in [0.05, 0.1) is 0 Å². The lowest BCUT2D eigenvalue weighted by Gasteiger charge is -2.19. The monoisotopic (exact) mass is 269 g/mol. The topological polar surface area (TPSA) is 21.3 Å². The zero-order chi connectivity index (χ0) is 14.0. The molecule has 18 heavy (non-hydrogen) atoms. The maximum Gasteiger partial charge on any atom is 0.411 e. The lowest BCUT2D eigenvalue weighted by molar-refractivity contribution is -0.174. The molecular formula is C13H26F3NO. The predicted molar refractivity (Wildman–Crippen MR) is 67.6 cm³/mol. The van der Waals surface area contributed by atoms with Crippen molar-refractivity contribution < 1.29 is 17.9 Å². The van der Waals surface area contributed by atoms with Crippen LogP contribution >= 0.6 is 0 Å². The van der Waals surface area contributed by atoms with Crippen molar-refractivity contribution in [2.75, 3.05) is 26.3 Å². The largest absolute Gasteiger partial charge is 0.411 e. The molecule has 1 N–H and O–H groups in total. The van der Waals surface area contributed by atoms with Crippen LogP contribution in [0.25, 0.3) is 0 Å². The van der Waals surface area contributed by atoms with E-state index in [2.05, 4.69) is 30.8 Å². The van der Waals surface area contributed by atoms with E-state index in [-0.39, 0.29) is 6.61 Å². The van der Waals surface area contributed by atoms with Crippen LogP contribution in [0.1, 0.15) is 40.0 Å². The maximum absolute atomic E-state index is 11.8. The molecule has 0 spiro atoms. The van der Waals surface area contributed by atoms with E-state index in [1.807, 2.05) is 0 Å². The van der Waals surface area contributed by atoms with E-state index in [1.54, 1.807) is 0 Å². The van der Waals surface area contributed by atoms with E-state index in [9.17, 15) is 13.2 Å². The summed E-state index contributed by atoms with van der Waals surface area (Å²) in [5, 5.41) is 3.30. The predicted octanol–water partition coefficient (Wildman–Crippen LogP) is 3.62. The third-order valence-electron chi connectivity index (χ3n) is 2.65. The Labute approximate surface area is 108 Å². The SMILES string of the molecule is CCNCC(CCCOCC(F)(F)F)CC(C)C. The van der Waals surface area contributed by atoms with E-state index < -0.39 is 12.8 Å². The summed E-state index contributed by atoms with van der Waals surface area (Å²) < 4.78 is 40.1. The molecule has 0 aromatic carbocycles. The van der Waals surface area contributed by atoms with E-state index in [1.165, 1.54) is 0 Å². The van der Waals surface area contributed by atoms with Gasteiger partial charge < -0.3 is 10.1 Å². The van der Waals surface area contributed by atoms with Crippen LogP contribution in [0.2, 0.25) is 0 Å². The number of ether oxygens (including phenoxy) is 1. The third kappa shape index (κ3) is 12.2. The van der Waals surface area contributed by atoms with Gasteiger partial charge in [0.25, 0.3) is 0 Å². The van der Waals surface area contributed by atoms with Crippen molar-refractivity contribution >= 4 is 0 Å². The second-order valence-electron chi connectivity index (χ2n) is 5.11. The van der Waals surface area contributed by atoms with Gasteiger partial charge in [-0.1, -0.05) is 20.8 Å². The Hall–Kier alpha value is -0.290. The average molecular weight is 269 g/mol. The first-order valence-electron chi connectivity index (χ1n) is 6.70. The summed E-state index contributed by atoms with van der Waals surface area (Å²) >= 11 is 0. The fraction of sp³-hybridized carbons (Fsp3) is 1.00. The first kappa shape index (κ1) is 17.7. The summed E-state index contributed by atoms with van der Waals surface area (Å²) in [4.78, 5) is 0. The van der Waals surface area contributed by atoms with Crippen molar-refractivity contribution in [3.63, 3.8) is 0 Å². The number of halogens is 3. The molecule has 0 aliphatic carbocycles. The minimum Gasteiger partial charge on any atom is -0.372 e. The molecule has 1 unspecified atom stereocenters. The van der Waals surface area contributed by atoms with Gasteiger partial charge in [-0.05, 0) is 44.2 Å². The van der Waals surface area contributed by atoms with Gasteiger partial charge in [0.2, 0.25) is 0 Å². The summed E-state index contributed by atoms with van der Waals surface area (Å²) in [5.74, 6) is 1.14. The number of hydrogen-bond acceptors (Lipinski definition) is 2. The highest BCUT2D eigenvalue weighted by molar-refractivity contribution is 4.64. The lowest BCUT2D eigenvalue weighted by Crippen LogP contribution is -2.24. The van der Waals surface area contributed by atoms with Crippen LogP contribution in [-0.2, 0) is 4.74 Å². The summed E-state index contributed by atoms with van der Waals surface area (Å²) in [7, 11) is 0. The fourth-order valence-electron chi connectivity index (χ4n) is 1.98. The molecule has 0 bridgehead atoms. The van der Waals surface area contributed by atoms with Crippen molar-refractivity contribution in [2.45, 2.75) is 46.2 Å². The van der Waals surface area contributed by atoms with E-state index in [0.717, 1.165) is 25.9 Å². The van der Waals surface area contributed by atoms with Crippen LogP contribution < -0.4 is 5.32 Å². The molecule has 0 amide bonds. The smallest absolute Gasteiger partial charge is 0.372 e. The highest BCUT2D eigenvalue weighted by atomic mass is 19.4. The average Bonchev–Trinajstić information content (AvgIpc) is 2.22. The van der Waals surface area contributed by atoms with Crippen molar-refractivity contribution in [3.8, 4) is 0 Å². The molecule has 0 aromatic heterocycles. The lowest BCUT2D eigenvalue weighted by atomic mass is 9.93. The van der Waals surface area contributed by atoms with Gasteiger partial charge in [-0.3, -0.25) is 0 Å². The third-order valence-corrected chi connectivity index (χ3v) is 2.65. The molecule has 0 heterocycles. The number of nitrogens with one attached hydrogen (secondary N) is 1. The van der Waals surface area contributed by atoms with Gasteiger partial charge in [0.15, 0.2) is 0 Å². The zero-order valence-corrected chi connectivity index (χ0v) is 11.6. The van der Waals surface area contributed by atoms with Crippen molar-refractivity contribution in [1.82, 2.24) is 5.32 Å². The first-order valence-corrected chi connectivity index (χ1v) is 6.70. The standard InChI is InChI=1S/C13H26F3NO/c1-4-17-9-12(8-11(2)3)6-5-7-18-10-13(14,15)16/h11-12,17H,4-10H2,1-3H3. The molecule has 2 nitrogen and oxygen atoms in total. The van der Waals surface area contributed by atoms with Crippen LogP contribution in [0.15, 0.2) is 0 Å². The highest BCUT2D eigenvalue weighted by Crippen LogP contribution is 2.18. The van der Waals surface area contributed by atoms with Gasteiger partial charge >= 0.3 is 6.18 Å². The Kier molecular flexibility index (Phi) is 9.46. The molecule has 0 aliphatic rings. The van der Waals surface area contributed by atoms with Crippen LogP contribution in [0.4, 0.5) is 13.2 Å². The summed E-state index contributed by atoms with van der Waals surface area (Å²) in [6.07, 6.45) is -1.49. The van der Waals surface area contributed by atoms with E-state index in [0.29, 0.717) is 18.3 Å². The minimum absolute atomic E-state index is 0.195. The van der Waals surface area contributed by atoms with Gasteiger partial charge in [-0.2, -0.15) is 13.2 Å².